The van der Waals surface area contributed by atoms with Crippen molar-refractivity contribution in [2.24, 2.45) is 0 Å². The molecule has 26 heavy (non-hydrogen) atoms. The van der Waals surface area contributed by atoms with Gasteiger partial charge in [0.15, 0.2) is 0 Å². The third-order valence-electron chi connectivity index (χ3n) is 3.75. The van der Waals surface area contributed by atoms with Gasteiger partial charge in [-0.15, -0.1) is 0 Å². The molecule has 2 aromatic carbocycles. The van der Waals surface area contributed by atoms with E-state index in [-0.39, 0.29) is 21.6 Å². The zero-order valence-electron chi connectivity index (χ0n) is 13.6. The number of hydrogen-bond acceptors (Lipinski definition) is 3. The second-order valence-electron chi connectivity index (χ2n) is 5.79. The van der Waals surface area contributed by atoms with Gasteiger partial charge in [-0.25, -0.2) is 13.4 Å². The molecule has 0 aliphatic rings. The molecule has 5 nitrogen and oxygen atoms in total. The van der Waals surface area contributed by atoms with E-state index in [4.69, 9.17) is 11.6 Å². The van der Waals surface area contributed by atoms with Gasteiger partial charge in [0, 0.05) is 5.02 Å². The number of sulfonamides is 1. The second-order valence-corrected chi connectivity index (χ2v) is 7.85. The standard InChI is InChI=1S/C16H13ClF3N3O2S/c1-8-6-14(9(2)5-11(8)17)26(24,25)23-10-3-4-12-13(7-10)22-15(21-12)16(18,19)20/h3-7,23H,1-2H3,(H,21,22). The first-order chi connectivity index (χ1) is 12.0. The van der Waals surface area contributed by atoms with Crippen LogP contribution in [0.3, 0.4) is 0 Å². The van der Waals surface area contributed by atoms with Crippen LogP contribution in [0.1, 0.15) is 17.0 Å². The van der Waals surface area contributed by atoms with Gasteiger partial charge in [0.05, 0.1) is 21.6 Å². The van der Waals surface area contributed by atoms with Crippen molar-refractivity contribution in [3.8, 4) is 0 Å². The summed E-state index contributed by atoms with van der Waals surface area (Å²) in [5.74, 6) is -1.14. The van der Waals surface area contributed by atoms with Crippen LogP contribution in [-0.4, -0.2) is 18.4 Å². The lowest BCUT2D eigenvalue weighted by molar-refractivity contribution is -0.144. The summed E-state index contributed by atoms with van der Waals surface area (Å²) in [7, 11) is -3.94. The van der Waals surface area contributed by atoms with Crippen molar-refractivity contribution in [3.05, 3.63) is 52.3 Å². The van der Waals surface area contributed by atoms with Gasteiger partial charge in [0.1, 0.15) is 0 Å². The van der Waals surface area contributed by atoms with Gasteiger partial charge in [-0.05, 0) is 55.3 Å². The number of benzene rings is 2. The molecule has 2 N–H and O–H groups in total. The van der Waals surface area contributed by atoms with Crippen molar-refractivity contribution in [1.29, 1.82) is 0 Å². The molecule has 0 aliphatic heterocycles. The minimum atomic E-state index is -4.61. The van der Waals surface area contributed by atoms with E-state index in [1.807, 2.05) is 0 Å². The molecule has 0 aliphatic carbocycles. The summed E-state index contributed by atoms with van der Waals surface area (Å²) >= 11 is 5.98. The molecule has 0 spiro atoms. The summed E-state index contributed by atoms with van der Waals surface area (Å²) in [4.78, 5) is 5.63. The lowest BCUT2D eigenvalue weighted by Crippen LogP contribution is -2.14. The van der Waals surface area contributed by atoms with E-state index in [1.165, 1.54) is 24.3 Å². The largest absolute Gasteiger partial charge is 0.449 e. The number of aromatic nitrogens is 2. The van der Waals surface area contributed by atoms with E-state index >= 15 is 0 Å². The molecule has 0 atom stereocenters. The maximum Gasteiger partial charge on any atom is 0.449 e. The van der Waals surface area contributed by atoms with Crippen molar-refractivity contribution in [2.45, 2.75) is 24.9 Å². The monoisotopic (exact) mass is 403 g/mol. The number of alkyl halides is 3. The highest BCUT2D eigenvalue weighted by Crippen LogP contribution is 2.30. The summed E-state index contributed by atoms with van der Waals surface area (Å²) in [5.41, 5.74) is 1.31. The average Bonchev–Trinajstić information content (AvgIpc) is 2.93. The Morgan fingerprint density at radius 1 is 1.12 bits per heavy atom. The predicted molar refractivity (Wildman–Crippen MR) is 92.8 cm³/mol. The fourth-order valence-electron chi connectivity index (χ4n) is 2.46. The van der Waals surface area contributed by atoms with E-state index in [0.29, 0.717) is 16.1 Å². The number of aromatic amines is 1. The number of halogens is 4. The minimum absolute atomic E-state index is 0.0417. The smallest absolute Gasteiger partial charge is 0.334 e. The summed E-state index contributed by atoms with van der Waals surface area (Å²) in [5, 5.41) is 0.444. The summed E-state index contributed by atoms with van der Waals surface area (Å²) in [6.45, 7) is 3.28. The molecule has 3 aromatic rings. The lowest BCUT2D eigenvalue weighted by atomic mass is 10.2. The van der Waals surface area contributed by atoms with Crippen molar-refractivity contribution < 1.29 is 21.6 Å². The first-order valence-electron chi connectivity index (χ1n) is 7.34. The zero-order chi connectivity index (χ0) is 19.3. The molecule has 0 radical (unpaired) electrons. The molecule has 138 valence electrons. The number of rotatable bonds is 3. The molecule has 0 unspecified atom stereocenters. The van der Waals surface area contributed by atoms with Gasteiger partial charge in [-0.3, -0.25) is 4.72 Å². The van der Waals surface area contributed by atoms with E-state index < -0.39 is 22.0 Å². The van der Waals surface area contributed by atoms with Gasteiger partial charge in [0.2, 0.25) is 5.82 Å². The number of hydrogen-bond donors (Lipinski definition) is 2. The number of H-pyrrole nitrogens is 1. The first-order valence-corrected chi connectivity index (χ1v) is 9.20. The van der Waals surface area contributed by atoms with Crippen molar-refractivity contribution in [3.63, 3.8) is 0 Å². The van der Waals surface area contributed by atoms with Crippen LogP contribution in [-0.2, 0) is 16.2 Å². The van der Waals surface area contributed by atoms with Crippen LogP contribution in [0.25, 0.3) is 11.0 Å². The molecular weight excluding hydrogens is 391 g/mol. The molecule has 3 rings (SSSR count). The van der Waals surface area contributed by atoms with Crippen molar-refractivity contribution >= 4 is 38.3 Å². The van der Waals surface area contributed by atoms with Crippen LogP contribution in [0.5, 0.6) is 0 Å². The Hall–Kier alpha value is -2.26. The summed E-state index contributed by atoms with van der Waals surface area (Å²) in [6.07, 6.45) is -4.61. The summed E-state index contributed by atoms with van der Waals surface area (Å²) in [6, 6.07) is 6.89. The van der Waals surface area contributed by atoms with E-state index in [9.17, 15) is 21.6 Å². The van der Waals surface area contributed by atoms with Crippen LogP contribution in [0.2, 0.25) is 5.02 Å². The number of fused-ring (bicyclic) bond motifs is 1. The maximum atomic E-state index is 12.7. The number of aryl methyl sites for hydroxylation is 2. The Labute approximate surface area is 152 Å². The van der Waals surface area contributed by atoms with Gasteiger partial charge in [-0.2, -0.15) is 13.2 Å². The van der Waals surface area contributed by atoms with Gasteiger partial charge in [-0.1, -0.05) is 11.6 Å². The minimum Gasteiger partial charge on any atom is -0.334 e. The number of anilines is 1. The average molecular weight is 404 g/mol. The number of nitrogens with zero attached hydrogens (tertiary/aromatic N) is 1. The fraction of sp³-hybridized carbons (Fsp3) is 0.188. The van der Waals surface area contributed by atoms with Crippen LogP contribution in [0.4, 0.5) is 18.9 Å². The van der Waals surface area contributed by atoms with Crippen molar-refractivity contribution in [1.82, 2.24) is 9.97 Å². The normalized spacial score (nSPS) is 12.5. The third kappa shape index (κ3) is 3.49. The Kier molecular flexibility index (Phi) is 4.40. The molecular formula is C16H13ClF3N3O2S. The summed E-state index contributed by atoms with van der Waals surface area (Å²) < 4.78 is 65.8. The Bertz CT molecular complexity index is 1110. The van der Waals surface area contributed by atoms with Crippen LogP contribution in [0, 0.1) is 13.8 Å². The highest BCUT2D eigenvalue weighted by molar-refractivity contribution is 7.92. The van der Waals surface area contributed by atoms with E-state index in [0.717, 1.165) is 0 Å². The predicted octanol–water partition coefficient (Wildman–Crippen LogP) is 4.65. The van der Waals surface area contributed by atoms with E-state index in [2.05, 4.69) is 14.7 Å². The third-order valence-corrected chi connectivity index (χ3v) is 5.68. The van der Waals surface area contributed by atoms with Crippen LogP contribution >= 0.6 is 11.6 Å². The van der Waals surface area contributed by atoms with E-state index in [1.54, 1.807) is 19.9 Å². The highest BCUT2D eigenvalue weighted by Gasteiger charge is 2.34. The molecule has 0 amide bonds. The molecule has 1 aromatic heterocycles. The Balaban J connectivity index is 1.99. The molecule has 1 heterocycles. The number of nitrogens with one attached hydrogen (secondary N) is 2. The van der Waals surface area contributed by atoms with Crippen LogP contribution in [0.15, 0.2) is 35.2 Å². The maximum absolute atomic E-state index is 12.7. The Morgan fingerprint density at radius 2 is 1.81 bits per heavy atom. The quantitative estimate of drug-likeness (QED) is 0.668. The molecule has 10 heteroatoms. The molecule has 0 saturated heterocycles. The Morgan fingerprint density at radius 3 is 2.46 bits per heavy atom. The first kappa shape index (κ1) is 18.5. The zero-order valence-corrected chi connectivity index (χ0v) is 15.1. The van der Waals surface area contributed by atoms with Gasteiger partial charge < -0.3 is 4.98 Å². The SMILES string of the molecule is Cc1cc(S(=O)(=O)Nc2ccc3nc(C(F)(F)F)[nH]c3c2)c(C)cc1Cl. The topological polar surface area (TPSA) is 74.8 Å². The molecule has 0 saturated carbocycles. The van der Waals surface area contributed by atoms with Gasteiger partial charge >= 0.3 is 6.18 Å². The number of imidazole rings is 1. The molecule has 0 fully saturated rings. The fourth-order valence-corrected chi connectivity index (χ4v) is 4.04. The second kappa shape index (κ2) is 6.17. The lowest BCUT2D eigenvalue weighted by Gasteiger charge is -2.12. The molecule has 0 bridgehead atoms. The van der Waals surface area contributed by atoms with Crippen molar-refractivity contribution in [2.75, 3.05) is 4.72 Å². The van der Waals surface area contributed by atoms with Gasteiger partial charge in [0.25, 0.3) is 10.0 Å². The highest BCUT2D eigenvalue weighted by atomic mass is 35.5. The van der Waals surface area contributed by atoms with Crippen LogP contribution < -0.4 is 4.72 Å².